The fourth-order valence-corrected chi connectivity index (χ4v) is 1.57. The molecule has 11 heavy (non-hydrogen) atoms. The Bertz CT molecular complexity index is 156. The second kappa shape index (κ2) is 4.18. The highest BCUT2D eigenvalue weighted by molar-refractivity contribution is 7.49. The van der Waals surface area contributed by atoms with Gasteiger partial charge in [0, 0.05) is 0 Å². The van der Waals surface area contributed by atoms with Crippen molar-refractivity contribution in [2.75, 3.05) is 14.1 Å². The lowest BCUT2D eigenvalue weighted by Crippen LogP contribution is -2.38. The number of nitrogens with zero attached hydrogens (tertiary/aromatic N) is 1. The van der Waals surface area contributed by atoms with Crippen molar-refractivity contribution >= 4 is 7.75 Å². The summed E-state index contributed by atoms with van der Waals surface area (Å²) < 4.78 is 10.5. The molecule has 1 unspecified atom stereocenters. The number of nitrogens with one attached hydrogen (secondary N) is 1. The summed E-state index contributed by atoms with van der Waals surface area (Å²) in [5, 5.41) is 2.20. The first kappa shape index (κ1) is 11.1. The van der Waals surface area contributed by atoms with E-state index in [0.717, 1.165) is 0 Å². The van der Waals surface area contributed by atoms with Gasteiger partial charge in [-0.05, 0) is 20.5 Å². The highest BCUT2D eigenvalue weighted by Crippen LogP contribution is 2.29. The van der Waals surface area contributed by atoms with E-state index in [0.29, 0.717) is 6.42 Å². The van der Waals surface area contributed by atoms with E-state index in [1.165, 1.54) is 0 Å². The predicted molar refractivity (Wildman–Crippen MR) is 42.9 cm³/mol. The molecule has 0 aromatic heterocycles. The fraction of sp³-hybridized carbons (Fsp3) is 1.00. The molecule has 1 atom stereocenters. The van der Waals surface area contributed by atoms with Crippen molar-refractivity contribution < 1.29 is 14.4 Å². The lowest BCUT2D eigenvalue weighted by atomic mass is 10.4. The highest BCUT2D eigenvalue weighted by atomic mass is 31.2. The second-order valence-corrected chi connectivity index (χ2v) is 3.91. The summed E-state index contributed by atoms with van der Waals surface area (Å²) in [7, 11) is -0.562. The van der Waals surface area contributed by atoms with Crippen LogP contribution in [0.4, 0.5) is 0 Å². The molecule has 0 aromatic carbocycles. The molecule has 0 aromatic rings. The van der Waals surface area contributed by atoms with E-state index in [1.807, 2.05) is 6.92 Å². The Morgan fingerprint density at radius 3 is 2.09 bits per heavy atom. The number of hydrogen-bond acceptors (Lipinski definition) is 2. The lowest BCUT2D eigenvalue weighted by molar-refractivity contribution is 0.244. The van der Waals surface area contributed by atoms with Crippen LogP contribution in [0.1, 0.15) is 13.3 Å². The van der Waals surface area contributed by atoms with Crippen molar-refractivity contribution in [1.29, 1.82) is 0 Å². The molecule has 6 heteroatoms. The summed E-state index contributed by atoms with van der Waals surface area (Å²) in [5.41, 5.74) is 0. The molecule has 68 valence electrons. The first-order chi connectivity index (χ1) is 4.87. The summed E-state index contributed by atoms with van der Waals surface area (Å²) >= 11 is 0. The average Bonchev–Trinajstić information content (AvgIpc) is 1.80. The average molecular weight is 182 g/mol. The van der Waals surface area contributed by atoms with Gasteiger partial charge in [0.05, 0.1) is 6.17 Å². The van der Waals surface area contributed by atoms with Crippen LogP contribution in [0.2, 0.25) is 0 Å². The SMILES string of the molecule is CCC(NP(=O)(O)O)N(C)C. The molecule has 0 aliphatic rings. The topological polar surface area (TPSA) is 72.8 Å². The summed E-state index contributed by atoms with van der Waals surface area (Å²) in [6.07, 6.45) is 0.383. The third-order valence-electron chi connectivity index (χ3n) is 1.33. The molecule has 0 aliphatic heterocycles. The smallest absolute Gasteiger partial charge is 0.313 e. The summed E-state index contributed by atoms with van der Waals surface area (Å²) in [4.78, 5) is 18.8. The normalized spacial score (nSPS) is 15.5. The molecule has 0 bridgehead atoms. The molecule has 0 saturated heterocycles. The van der Waals surface area contributed by atoms with Crippen LogP contribution in [0.25, 0.3) is 0 Å². The summed E-state index contributed by atoms with van der Waals surface area (Å²) in [5.74, 6) is 0. The first-order valence-corrected chi connectivity index (χ1v) is 4.98. The third-order valence-corrected chi connectivity index (χ3v) is 1.96. The Kier molecular flexibility index (Phi) is 4.21. The molecule has 0 heterocycles. The maximum Gasteiger partial charge on any atom is 0.401 e. The lowest BCUT2D eigenvalue weighted by Gasteiger charge is -2.24. The molecular weight excluding hydrogens is 167 g/mol. The maximum absolute atomic E-state index is 10.5. The van der Waals surface area contributed by atoms with Gasteiger partial charge < -0.3 is 9.79 Å². The van der Waals surface area contributed by atoms with E-state index in [4.69, 9.17) is 9.79 Å². The zero-order valence-electron chi connectivity index (χ0n) is 6.98. The molecule has 0 radical (unpaired) electrons. The Morgan fingerprint density at radius 2 is 2.00 bits per heavy atom. The second-order valence-electron chi connectivity index (χ2n) is 2.56. The van der Waals surface area contributed by atoms with E-state index in [9.17, 15) is 4.57 Å². The molecular formula is C5H15N2O3P. The van der Waals surface area contributed by atoms with E-state index < -0.39 is 7.75 Å². The molecule has 0 aliphatic carbocycles. The van der Waals surface area contributed by atoms with Crippen LogP contribution in [0.15, 0.2) is 0 Å². The minimum absolute atomic E-state index is 0.268. The van der Waals surface area contributed by atoms with E-state index in [2.05, 4.69) is 5.09 Å². The molecule has 0 amide bonds. The Hall–Kier alpha value is 0.0700. The molecule has 3 N–H and O–H groups in total. The Morgan fingerprint density at radius 1 is 1.55 bits per heavy atom. The zero-order chi connectivity index (χ0) is 9.07. The van der Waals surface area contributed by atoms with Gasteiger partial charge in [-0.3, -0.25) is 4.90 Å². The van der Waals surface area contributed by atoms with Gasteiger partial charge in [0.15, 0.2) is 0 Å². The van der Waals surface area contributed by atoms with Gasteiger partial charge in [-0.1, -0.05) is 6.92 Å². The Labute approximate surface area is 66.6 Å². The van der Waals surface area contributed by atoms with Gasteiger partial charge in [0.1, 0.15) is 0 Å². The van der Waals surface area contributed by atoms with Crippen LogP contribution in [0, 0.1) is 0 Å². The quantitative estimate of drug-likeness (QED) is 0.420. The monoisotopic (exact) mass is 182 g/mol. The molecule has 0 saturated carbocycles. The standard InChI is InChI=1S/C5H15N2O3P/c1-4-5(7(2)3)6-11(8,9)10/h5H,4H2,1-3H3,(H3,6,8,9,10). The highest BCUT2D eigenvalue weighted by Gasteiger charge is 2.19. The van der Waals surface area contributed by atoms with E-state index in [-0.39, 0.29) is 6.17 Å². The largest absolute Gasteiger partial charge is 0.401 e. The van der Waals surface area contributed by atoms with Gasteiger partial charge in [0.2, 0.25) is 0 Å². The van der Waals surface area contributed by atoms with Gasteiger partial charge in [-0.15, -0.1) is 0 Å². The van der Waals surface area contributed by atoms with E-state index in [1.54, 1.807) is 19.0 Å². The van der Waals surface area contributed by atoms with Crippen molar-refractivity contribution in [3.8, 4) is 0 Å². The van der Waals surface area contributed by atoms with Crippen molar-refractivity contribution in [2.45, 2.75) is 19.5 Å². The van der Waals surface area contributed by atoms with Crippen LogP contribution in [-0.4, -0.2) is 34.9 Å². The maximum atomic E-state index is 10.5. The van der Waals surface area contributed by atoms with Crippen LogP contribution >= 0.6 is 7.75 Å². The molecule has 0 fully saturated rings. The van der Waals surface area contributed by atoms with Crippen LogP contribution in [-0.2, 0) is 4.57 Å². The first-order valence-electron chi connectivity index (χ1n) is 3.36. The van der Waals surface area contributed by atoms with Crippen LogP contribution in [0.3, 0.4) is 0 Å². The van der Waals surface area contributed by atoms with Gasteiger partial charge in [-0.2, -0.15) is 0 Å². The minimum atomic E-state index is -4.08. The Balaban J connectivity index is 3.99. The zero-order valence-corrected chi connectivity index (χ0v) is 7.88. The minimum Gasteiger partial charge on any atom is -0.313 e. The molecule has 0 spiro atoms. The third kappa shape index (κ3) is 5.35. The van der Waals surface area contributed by atoms with Crippen LogP contribution in [0.5, 0.6) is 0 Å². The molecule has 5 nitrogen and oxygen atoms in total. The fourth-order valence-electron chi connectivity index (χ4n) is 0.766. The van der Waals surface area contributed by atoms with E-state index >= 15 is 0 Å². The predicted octanol–water partition coefficient (Wildman–Crippen LogP) is -0.0336. The number of rotatable bonds is 4. The summed E-state index contributed by atoms with van der Waals surface area (Å²) in [6.45, 7) is 1.85. The van der Waals surface area contributed by atoms with Crippen molar-refractivity contribution in [3.05, 3.63) is 0 Å². The molecule has 0 rings (SSSR count). The van der Waals surface area contributed by atoms with Gasteiger partial charge in [-0.25, -0.2) is 9.65 Å². The van der Waals surface area contributed by atoms with Gasteiger partial charge in [0.25, 0.3) is 0 Å². The van der Waals surface area contributed by atoms with Crippen molar-refractivity contribution in [1.82, 2.24) is 9.99 Å². The number of hydrogen-bond donors (Lipinski definition) is 3. The van der Waals surface area contributed by atoms with Crippen LogP contribution < -0.4 is 5.09 Å². The van der Waals surface area contributed by atoms with Gasteiger partial charge >= 0.3 is 7.75 Å². The van der Waals surface area contributed by atoms with Crippen molar-refractivity contribution in [2.24, 2.45) is 0 Å². The van der Waals surface area contributed by atoms with Crippen molar-refractivity contribution in [3.63, 3.8) is 0 Å². The summed E-state index contributed by atoms with van der Waals surface area (Å²) in [6, 6.07) is 0.